The van der Waals surface area contributed by atoms with Gasteiger partial charge in [-0.1, -0.05) is 25.4 Å². The van der Waals surface area contributed by atoms with Gasteiger partial charge >= 0.3 is 5.97 Å². The Balaban J connectivity index is 2.64. The van der Waals surface area contributed by atoms with E-state index < -0.39 is 5.97 Å². The van der Waals surface area contributed by atoms with Crippen molar-refractivity contribution >= 4 is 23.2 Å². The quantitative estimate of drug-likeness (QED) is 0.363. The van der Waals surface area contributed by atoms with E-state index in [1.54, 1.807) is 6.07 Å². The number of hydrogen-bond acceptors (Lipinski definition) is 7. The standard InChI is InChI=1S/C21H25NO6/c1-5-7-9-14(22-28-18(25)8-6-2)13-12-17(26-3)19-15(23)10-11-16(24)20(19)21(13)27-4/h10-12H,5-9H2,1-4H3. The number of rotatable bonds is 9. The lowest BCUT2D eigenvalue weighted by Gasteiger charge is -2.20. The van der Waals surface area contributed by atoms with Crippen LogP contribution in [-0.2, 0) is 9.63 Å². The summed E-state index contributed by atoms with van der Waals surface area (Å²) in [6.45, 7) is 3.90. The fourth-order valence-corrected chi connectivity index (χ4v) is 2.95. The van der Waals surface area contributed by atoms with Crippen LogP contribution in [0.3, 0.4) is 0 Å². The third-order valence-electron chi connectivity index (χ3n) is 4.34. The molecule has 0 heterocycles. The maximum atomic E-state index is 12.5. The first-order valence-electron chi connectivity index (χ1n) is 9.31. The number of ether oxygens (including phenoxy) is 2. The zero-order valence-electron chi connectivity index (χ0n) is 16.7. The smallest absolute Gasteiger partial charge is 0.335 e. The van der Waals surface area contributed by atoms with Crippen LogP contribution < -0.4 is 9.47 Å². The molecule has 0 aliphatic heterocycles. The zero-order valence-corrected chi connectivity index (χ0v) is 16.7. The third kappa shape index (κ3) is 4.47. The molecule has 150 valence electrons. The Morgan fingerprint density at radius 3 is 2.21 bits per heavy atom. The van der Waals surface area contributed by atoms with Crippen molar-refractivity contribution < 1.29 is 28.7 Å². The number of ketones is 2. The summed E-state index contributed by atoms with van der Waals surface area (Å²) in [4.78, 5) is 41.7. The van der Waals surface area contributed by atoms with Gasteiger partial charge in [0.05, 0.1) is 31.1 Å². The van der Waals surface area contributed by atoms with Gasteiger partial charge in [-0.15, -0.1) is 0 Å². The van der Waals surface area contributed by atoms with E-state index in [4.69, 9.17) is 14.3 Å². The van der Waals surface area contributed by atoms with Crippen LogP contribution >= 0.6 is 0 Å². The lowest BCUT2D eigenvalue weighted by atomic mass is 9.89. The van der Waals surface area contributed by atoms with Gasteiger partial charge in [-0.3, -0.25) is 9.59 Å². The van der Waals surface area contributed by atoms with Crippen molar-refractivity contribution in [3.8, 4) is 11.5 Å². The molecular formula is C21H25NO6. The number of hydrogen-bond donors (Lipinski definition) is 0. The second-order valence-corrected chi connectivity index (χ2v) is 6.33. The molecule has 1 aliphatic rings. The van der Waals surface area contributed by atoms with Crippen molar-refractivity contribution in [3.63, 3.8) is 0 Å². The number of unbranched alkanes of at least 4 members (excludes halogenated alkanes) is 1. The van der Waals surface area contributed by atoms with Gasteiger partial charge in [0.1, 0.15) is 11.5 Å². The highest BCUT2D eigenvalue weighted by Crippen LogP contribution is 2.38. The molecule has 0 saturated carbocycles. The lowest BCUT2D eigenvalue weighted by molar-refractivity contribution is -0.143. The zero-order chi connectivity index (χ0) is 20.7. The summed E-state index contributed by atoms with van der Waals surface area (Å²) < 4.78 is 10.9. The van der Waals surface area contributed by atoms with Crippen molar-refractivity contribution in [2.75, 3.05) is 14.2 Å². The summed E-state index contributed by atoms with van der Waals surface area (Å²) in [5, 5.41) is 4.04. The van der Waals surface area contributed by atoms with Crippen LogP contribution in [0.4, 0.5) is 0 Å². The van der Waals surface area contributed by atoms with E-state index in [2.05, 4.69) is 5.16 Å². The monoisotopic (exact) mass is 387 g/mol. The van der Waals surface area contributed by atoms with Crippen LogP contribution in [0.2, 0.25) is 0 Å². The Morgan fingerprint density at radius 1 is 0.964 bits per heavy atom. The van der Waals surface area contributed by atoms with Gasteiger partial charge in [0.25, 0.3) is 0 Å². The van der Waals surface area contributed by atoms with Crippen LogP contribution in [0.25, 0.3) is 0 Å². The van der Waals surface area contributed by atoms with E-state index in [-0.39, 0.29) is 40.6 Å². The van der Waals surface area contributed by atoms with Gasteiger partial charge in [0.15, 0.2) is 11.6 Å². The first kappa shape index (κ1) is 21.3. The summed E-state index contributed by atoms with van der Waals surface area (Å²) >= 11 is 0. The van der Waals surface area contributed by atoms with Crippen LogP contribution in [0, 0.1) is 0 Å². The predicted molar refractivity (Wildman–Crippen MR) is 104 cm³/mol. The minimum Gasteiger partial charge on any atom is -0.496 e. The number of allylic oxidation sites excluding steroid dienone is 2. The van der Waals surface area contributed by atoms with Crippen LogP contribution in [0.15, 0.2) is 23.4 Å². The molecule has 0 aromatic heterocycles. The first-order chi connectivity index (χ1) is 13.5. The number of benzene rings is 1. The maximum Gasteiger partial charge on any atom is 0.335 e. The second-order valence-electron chi connectivity index (χ2n) is 6.33. The molecule has 0 amide bonds. The summed E-state index contributed by atoms with van der Waals surface area (Å²) in [7, 11) is 2.84. The summed E-state index contributed by atoms with van der Waals surface area (Å²) in [6.07, 6.45) is 5.52. The van der Waals surface area contributed by atoms with Crippen molar-refractivity contribution in [1.29, 1.82) is 0 Å². The average Bonchev–Trinajstić information content (AvgIpc) is 2.69. The molecule has 0 atom stereocenters. The molecule has 7 heteroatoms. The summed E-state index contributed by atoms with van der Waals surface area (Å²) in [5.41, 5.74) is 1.22. The molecule has 0 N–H and O–H groups in total. The average molecular weight is 387 g/mol. The lowest BCUT2D eigenvalue weighted by Crippen LogP contribution is -2.18. The molecule has 0 saturated heterocycles. The molecule has 0 bridgehead atoms. The largest absolute Gasteiger partial charge is 0.496 e. The van der Waals surface area contributed by atoms with Crippen LogP contribution in [0.1, 0.15) is 72.2 Å². The second kappa shape index (κ2) is 9.82. The SMILES string of the molecule is CCCCC(=NOC(=O)CCC)c1cc(OC)c2c(c1OC)C(=O)C=CC2=O. The molecule has 1 aromatic carbocycles. The van der Waals surface area contributed by atoms with Crippen molar-refractivity contribution in [2.24, 2.45) is 5.16 Å². The Bertz CT molecular complexity index is 838. The highest BCUT2D eigenvalue weighted by atomic mass is 16.7. The Morgan fingerprint density at radius 2 is 1.64 bits per heavy atom. The molecule has 0 radical (unpaired) electrons. The molecule has 7 nitrogen and oxygen atoms in total. The van der Waals surface area contributed by atoms with Crippen molar-refractivity contribution in [1.82, 2.24) is 0 Å². The minimum atomic E-state index is -0.436. The van der Waals surface area contributed by atoms with Crippen LogP contribution in [0.5, 0.6) is 11.5 Å². The van der Waals surface area contributed by atoms with Gasteiger partial charge in [0, 0.05) is 12.0 Å². The van der Waals surface area contributed by atoms with E-state index in [0.717, 1.165) is 12.8 Å². The fraction of sp³-hybridized carbons (Fsp3) is 0.429. The Kier molecular flexibility index (Phi) is 7.49. The van der Waals surface area contributed by atoms with Gasteiger partial charge in [-0.2, -0.15) is 0 Å². The molecule has 2 rings (SSSR count). The van der Waals surface area contributed by atoms with Crippen molar-refractivity contribution in [2.45, 2.75) is 46.0 Å². The van der Waals surface area contributed by atoms with E-state index in [1.165, 1.54) is 26.4 Å². The van der Waals surface area contributed by atoms with Gasteiger partial charge in [0.2, 0.25) is 0 Å². The van der Waals surface area contributed by atoms with E-state index in [9.17, 15) is 14.4 Å². The van der Waals surface area contributed by atoms with Gasteiger partial charge in [-0.05, 0) is 37.5 Å². The molecular weight excluding hydrogens is 362 g/mol. The topological polar surface area (TPSA) is 91.3 Å². The fourth-order valence-electron chi connectivity index (χ4n) is 2.95. The number of fused-ring (bicyclic) bond motifs is 1. The maximum absolute atomic E-state index is 12.5. The normalized spacial score (nSPS) is 13.4. The van der Waals surface area contributed by atoms with E-state index >= 15 is 0 Å². The number of carbonyl (C=O) groups is 3. The van der Waals surface area contributed by atoms with E-state index in [1.807, 2.05) is 13.8 Å². The summed E-state index contributed by atoms with van der Waals surface area (Å²) in [6, 6.07) is 1.60. The highest BCUT2D eigenvalue weighted by molar-refractivity contribution is 6.25. The predicted octanol–water partition coefficient (Wildman–Crippen LogP) is 3.88. The van der Waals surface area contributed by atoms with Gasteiger partial charge in [-0.25, -0.2) is 4.79 Å². The highest BCUT2D eigenvalue weighted by Gasteiger charge is 2.31. The molecule has 1 aromatic rings. The Hall–Kier alpha value is -2.96. The molecule has 28 heavy (non-hydrogen) atoms. The van der Waals surface area contributed by atoms with E-state index in [0.29, 0.717) is 24.1 Å². The number of nitrogens with zero attached hydrogens (tertiary/aromatic N) is 1. The van der Waals surface area contributed by atoms with Crippen molar-refractivity contribution in [3.05, 3.63) is 34.9 Å². The molecule has 0 spiro atoms. The number of methoxy groups -OCH3 is 2. The third-order valence-corrected chi connectivity index (χ3v) is 4.34. The number of carbonyl (C=O) groups excluding carboxylic acids is 3. The molecule has 0 unspecified atom stereocenters. The summed E-state index contributed by atoms with van der Waals surface area (Å²) in [5.74, 6) is -0.658. The Labute approximate surface area is 164 Å². The van der Waals surface area contributed by atoms with Crippen LogP contribution in [-0.4, -0.2) is 37.5 Å². The van der Waals surface area contributed by atoms with Gasteiger partial charge < -0.3 is 14.3 Å². The molecule has 1 aliphatic carbocycles. The molecule has 0 fully saturated rings. The first-order valence-corrected chi connectivity index (χ1v) is 9.31. The minimum absolute atomic E-state index is 0.133. The number of oxime groups is 1.